The summed E-state index contributed by atoms with van der Waals surface area (Å²) in [5, 5.41) is 8.72. The van der Waals surface area contributed by atoms with Crippen molar-refractivity contribution in [1.82, 2.24) is 29.4 Å². The lowest BCUT2D eigenvalue weighted by Gasteiger charge is -2.66. The molecule has 0 amide bonds. The minimum absolute atomic E-state index is 0.0869. The normalized spacial score (nSPS) is 27.8. The van der Waals surface area contributed by atoms with E-state index in [1.54, 1.807) is 0 Å². The Morgan fingerprint density at radius 3 is 2.81 bits per heavy atom. The number of pyridine rings is 2. The van der Waals surface area contributed by atoms with E-state index < -0.39 is 5.67 Å². The van der Waals surface area contributed by atoms with Crippen LogP contribution in [0.4, 0.5) is 10.1 Å². The highest BCUT2D eigenvalue weighted by Crippen LogP contribution is 2.71. The van der Waals surface area contributed by atoms with E-state index in [-0.39, 0.29) is 11.5 Å². The molecule has 0 radical (unpaired) electrons. The molecule has 36 heavy (non-hydrogen) atoms. The Bertz CT molecular complexity index is 1420. The van der Waals surface area contributed by atoms with Gasteiger partial charge >= 0.3 is 0 Å². The second-order valence-electron chi connectivity index (χ2n) is 11.5. The maximum Gasteiger partial charge on any atom is 0.137 e. The first-order chi connectivity index (χ1) is 17.4. The van der Waals surface area contributed by atoms with Gasteiger partial charge in [-0.1, -0.05) is 18.2 Å². The van der Waals surface area contributed by atoms with E-state index in [1.807, 2.05) is 46.0 Å². The van der Waals surface area contributed by atoms with Crippen molar-refractivity contribution in [1.29, 1.82) is 0 Å². The van der Waals surface area contributed by atoms with Gasteiger partial charge in [0.15, 0.2) is 0 Å². The smallest absolute Gasteiger partial charge is 0.137 e. The molecule has 0 aromatic carbocycles. The maximum absolute atomic E-state index is 13.9. The average molecular weight is 487 g/mol. The van der Waals surface area contributed by atoms with Crippen molar-refractivity contribution in [2.24, 2.45) is 17.1 Å². The van der Waals surface area contributed by atoms with Gasteiger partial charge in [0.2, 0.25) is 0 Å². The first kappa shape index (κ1) is 21.9. The molecular formula is C27H31FN8. The molecule has 9 heteroatoms. The van der Waals surface area contributed by atoms with Gasteiger partial charge in [-0.2, -0.15) is 0 Å². The number of alkyl halides is 1. The molecule has 4 aromatic heterocycles. The second-order valence-corrected chi connectivity index (χ2v) is 11.5. The molecule has 4 aromatic rings. The summed E-state index contributed by atoms with van der Waals surface area (Å²) in [6.07, 6.45) is 13.9. The monoisotopic (exact) mass is 486 g/mol. The summed E-state index contributed by atoms with van der Waals surface area (Å²) >= 11 is 0. The van der Waals surface area contributed by atoms with E-state index in [0.717, 1.165) is 53.4 Å². The van der Waals surface area contributed by atoms with Gasteiger partial charge in [-0.25, -0.2) is 14.1 Å². The van der Waals surface area contributed by atoms with Crippen LogP contribution in [0.3, 0.4) is 0 Å². The number of anilines is 1. The summed E-state index contributed by atoms with van der Waals surface area (Å²) in [4.78, 5) is 11.6. The van der Waals surface area contributed by atoms with Crippen LogP contribution in [0.2, 0.25) is 0 Å². The fraction of sp³-hybridized carbons (Fsp3) is 0.481. The summed E-state index contributed by atoms with van der Waals surface area (Å²) in [6.45, 7) is 4.95. The van der Waals surface area contributed by atoms with Gasteiger partial charge in [-0.05, 0) is 61.1 Å². The van der Waals surface area contributed by atoms with Crippen molar-refractivity contribution in [3.63, 3.8) is 0 Å². The van der Waals surface area contributed by atoms with E-state index in [4.69, 9.17) is 10.7 Å². The van der Waals surface area contributed by atoms with Gasteiger partial charge in [-0.3, -0.25) is 4.98 Å². The molecule has 2 atom stereocenters. The SMILES string of the molecule is CC1CCN(c2cncc(-c3cn(Cc4cn5cc(C(N)CC67CC(F)(C6)C7)ccc5n4)nn3)c2)C1. The summed E-state index contributed by atoms with van der Waals surface area (Å²) in [6, 6.07) is 6.11. The van der Waals surface area contributed by atoms with Crippen LogP contribution in [-0.4, -0.2) is 48.1 Å². The second kappa shape index (κ2) is 7.83. The first-order valence-corrected chi connectivity index (χ1v) is 12.9. The number of fused-ring (bicyclic) bond motifs is 1. The van der Waals surface area contributed by atoms with Crippen molar-refractivity contribution in [2.75, 3.05) is 18.0 Å². The molecule has 0 spiro atoms. The van der Waals surface area contributed by atoms with Gasteiger partial charge < -0.3 is 15.0 Å². The van der Waals surface area contributed by atoms with E-state index in [9.17, 15) is 4.39 Å². The molecule has 4 aliphatic rings. The van der Waals surface area contributed by atoms with Crippen LogP contribution in [0.1, 0.15) is 56.3 Å². The average Bonchev–Trinajstić information content (AvgIpc) is 3.56. The minimum Gasteiger partial charge on any atom is -0.370 e. The van der Waals surface area contributed by atoms with E-state index in [1.165, 1.54) is 6.42 Å². The van der Waals surface area contributed by atoms with Crippen LogP contribution in [-0.2, 0) is 6.54 Å². The van der Waals surface area contributed by atoms with Gasteiger partial charge in [0.25, 0.3) is 0 Å². The molecular weight excluding hydrogens is 455 g/mol. The molecule has 2 bridgehead atoms. The molecule has 1 saturated heterocycles. The van der Waals surface area contributed by atoms with Crippen LogP contribution in [0, 0.1) is 11.3 Å². The third-order valence-electron chi connectivity index (χ3n) is 8.35. The number of nitrogens with two attached hydrogens (primary N) is 1. The molecule has 8 nitrogen and oxygen atoms in total. The standard InChI is InChI=1S/C27H31FN8/c1-18-4-5-34(10-18)22-6-20(8-30-9-22)24-14-36(33-32-24)13-21-12-35-11-19(2-3-25(35)31-21)23(29)7-26-15-27(28,16-26)17-26/h2-3,6,8-9,11-12,14,18,23H,4-5,7,10,13,15-17,29H2,1H3. The van der Waals surface area contributed by atoms with Gasteiger partial charge in [0.05, 0.1) is 30.3 Å². The highest BCUT2D eigenvalue weighted by atomic mass is 19.1. The Morgan fingerprint density at radius 1 is 1.17 bits per heavy atom. The van der Waals surface area contributed by atoms with E-state index in [2.05, 4.69) is 39.4 Å². The number of imidazole rings is 1. The Hall–Kier alpha value is -3.33. The number of hydrogen-bond donors (Lipinski definition) is 1. The number of hydrogen-bond acceptors (Lipinski definition) is 6. The van der Waals surface area contributed by atoms with Crippen molar-refractivity contribution < 1.29 is 4.39 Å². The van der Waals surface area contributed by atoms with Crippen molar-refractivity contribution in [2.45, 2.75) is 57.3 Å². The summed E-state index contributed by atoms with van der Waals surface area (Å²) < 4.78 is 17.7. The van der Waals surface area contributed by atoms with E-state index >= 15 is 0 Å². The lowest BCUT2D eigenvalue weighted by atomic mass is 9.40. The molecule has 186 valence electrons. The molecule has 3 saturated carbocycles. The van der Waals surface area contributed by atoms with Gasteiger partial charge in [0, 0.05) is 43.3 Å². The molecule has 5 heterocycles. The molecule has 3 aliphatic carbocycles. The van der Waals surface area contributed by atoms with Crippen LogP contribution in [0.25, 0.3) is 16.9 Å². The highest BCUT2D eigenvalue weighted by Gasteiger charge is 2.68. The summed E-state index contributed by atoms with van der Waals surface area (Å²) in [7, 11) is 0. The largest absolute Gasteiger partial charge is 0.370 e. The van der Waals surface area contributed by atoms with Crippen LogP contribution in [0.15, 0.2) is 49.2 Å². The molecule has 2 unspecified atom stereocenters. The Kier molecular flexibility index (Phi) is 4.77. The van der Waals surface area contributed by atoms with E-state index in [0.29, 0.717) is 31.7 Å². The van der Waals surface area contributed by atoms with Crippen LogP contribution in [0.5, 0.6) is 0 Å². The molecule has 8 rings (SSSR count). The Labute approximate surface area is 209 Å². The minimum atomic E-state index is -0.879. The number of aromatic nitrogens is 6. The zero-order valence-corrected chi connectivity index (χ0v) is 20.5. The Balaban J connectivity index is 1.05. The number of nitrogens with zero attached hydrogens (tertiary/aromatic N) is 7. The first-order valence-electron chi connectivity index (χ1n) is 12.9. The highest BCUT2D eigenvalue weighted by molar-refractivity contribution is 5.63. The number of halogens is 1. The molecule has 4 fully saturated rings. The van der Waals surface area contributed by atoms with Gasteiger partial charge in [-0.15, -0.1) is 5.10 Å². The van der Waals surface area contributed by atoms with Crippen LogP contribution < -0.4 is 10.6 Å². The zero-order valence-electron chi connectivity index (χ0n) is 20.5. The third kappa shape index (κ3) is 3.77. The molecule has 2 N–H and O–H groups in total. The lowest BCUT2D eigenvalue weighted by Crippen LogP contribution is -2.64. The number of rotatable bonds is 7. The maximum atomic E-state index is 13.9. The lowest BCUT2D eigenvalue weighted by molar-refractivity contribution is -0.218. The van der Waals surface area contributed by atoms with Crippen LogP contribution >= 0.6 is 0 Å². The summed E-state index contributed by atoms with van der Waals surface area (Å²) in [5.74, 6) is 0.712. The predicted octanol–water partition coefficient (Wildman–Crippen LogP) is 4.16. The van der Waals surface area contributed by atoms with Crippen molar-refractivity contribution >= 4 is 11.3 Å². The topological polar surface area (TPSA) is 90.2 Å². The quantitative estimate of drug-likeness (QED) is 0.422. The molecule has 1 aliphatic heterocycles. The van der Waals surface area contributed by atoms with Crippen molar-refractivity contribution in [3.05, 3.63) is 60.4 Å². The fourth-order valence-corrected chi connectivity index (χ4v) is 6.60. The van der Waals surface area contributed by atoms with Crippen molar-refractivity contribution in [3.8, 4) is 11.3 Å². The Morgan fingerprint density at radius 2 is 2.03 bits per heavy atom. The summed E-state index contributed by atoms with van der Waals surface area (Å²) in [5.41, 5.74) is 11.5. The zero-order chi connectivity index (χ0) is 24.5. The fourth-order valence-electron chi connectivity index (χ4n) is 6.60. The van der Waals surface area contributed by atoms with Gasteiger partial charge in [0.1, 0.15) is 17.0 Å². The third-order valence-corrected chi connectivity index (χ3v) is 8.35. The predicted molar refractivity (Wildman–Crippen MR) is 135 cm³/mol.